The lowest BCUT2D eigenvalue weighted by Gasteiger charge is -2.14. The minimum absolute atomic E-state index is 0.00700. The van der Waals surface area contributed by atoms with Crippen molar-refractivity contribution in [1.82, 2.24) is 14.6 Å². The van der Waals surface area contributed by atoms with Crippen LogP contribution in [0, 0.1) is 11.3 Å². The maximum atomic E-state index is 12.9. The van der Waals surface area contributed by atoms with E-state index in [2.05, 4.69) is 4.98 Å². The van der Waals surface area contributed by atoms with Crippen molar-refractivity contribution in [2.24, 2.45) is 0 Å². The van der Waals surface area contributed by atoms with Crippen LogP contribution in [0.4, 0.5) is 0 Å². The van der Waals surface area contributed by atoms with E-state index in [0.717, 1.165) is 23.4 Å². The van der Waals surface area contributed by atoms with Gasteiger partial charge < -0.3 is 14.4 Å². The van der Waals surface area contributed by atoms with Crippen LogP contribution < -0.4 is 10.1 Å². The molecule has 0 saturated heterocycles. The Labute approximate surface area is 216 Å². The van der Waals surface area contributed by atoms with E-state index in [-0.39, 0.29) is 11.3 Å². The Morgan fingerprint density at radius 3 is 2.51 bits per heavy atom. The molecule has 0 amide bonds. The molecule has 2 aromatic heterocycles. The van der Waals surface area contributed by atoms with Gasteiger partial charge in [0.1, 0.15) is 11.4 Å². The summed E-state index contributed by atoms with van der Waals surface area (Å²) < 4.78 is 19.0. The summed E-state index contributed by atoms with van der Waals surface area (Å²) in [7, 11) is -3.98. The molecule has 0 bridgehead atoms. The predicted octanol–water partition coefficient (Wildman–Crippen LogP) is 5.67. The summed E-state index contributed by atoms with van der Waals surface area (Å²) >= 11 is 6.13. The average Bonchev–Trinajstić information content (AvgIpc) is 3.21. The number of benzene rings is 3. The van der Waals surface area contributed by atoms with Crippen LogP contribution in [0.5, 0.6) is 5.75 Å². The molecule has 0 spiro atoms. The summed E-state index contributed by atoms with van der Waals surface area (Å²) in [5.74, 6) is -0.00700. The molecule has 0 aliphatic heterocycles. The Morgan fingerprint density at radius 2 is 1.84 bits per heavy atom. The van der Waals surface area contributed by atoms with Gasteiger partial charge in [-0.2, -0.15) is 10.4 Å². The largest absolute Gasteiger partial charge is 0.424 e. The molecule has 2 N–H and O–H groups in total. The summed E-state index contributed by atoms with van der Waals surface area (Å²) in [5, 5.41) is 14.8. The van der Waals surface area contributed by atoms with Gasteiger partial charge in [0.2, 0.25) is 0 Å². The van der Waals surface area contributed by atoms with Gasteiger partial charge in [0.25, 0.3) is 5.56 Å². The Balaban J connectivity index is 1.80. The quantitative estimate of drug-likeness (QED) is 0.273. The third kappa shape index (κ3) is 5.20. The van der Waals surface area contributed by atoms with Gasteiger partial charge in [0.05, 0.1) is 23.0 Å². The number of hydrogen-bond donors (Lipinski definition) is 2. The highest BCUT2D eigenvalue weighted by Gasteiger charge is 2.23. The molecule has 1 atom stereocenters. The van der Waals surface area contributed by atoms with Crippen molar-refractivity contribution in [2.75, 3.05) is 6.66 Å². The predicted molar refractivity (Wildman–Crippen MR) is 142 cm³/mol. The van der Waals surface area contributed by atoms with Crippen molar-refractivity contribution in [1.29, 1.82) is 5.26 Å². The molecule has 3 aromatic carbocycles. The first-order valence-electron chi connectivity index (χ1n) is 11.2. The molecule has 0 fully saturated rings. The fourth-order valence-corrected chi connectivity index (χ4v) is 4.82. The van der Waals surface area contributed by atoms with Crippen LogP contribution in [0.25, 0.3) is 28.0 Å². The van der Waals surface area contributed by atoms with Crippen LogP contribution in [0.3, 0.4) is 0 Å². The van der Waals surface area contributed by atoms with Gasteiger partial charge in [-0.15, -0.1) is 0 Å². The number of nitrogens with zero attached hydrogens (tertiary/aromatic N) is 3. The number of nitrogens with one attached hydrogen (secondary N) is 1. The molecule has 0 saturated carbocycles. The van der Waals surface area contributed by atoms with Crippen LogP contribution >= 0.6 is 19.2 Å². The number of H-pyrrole nitrogens is 1. The first kappa shape index (κ1) is 24.5. The van der Waals surface area contributed by atoms with Gasteiger partial charge in [0.15, 0.2) is 0 Å². The number of aromatic nitrogens is 3. The molecular weight excluding hydrogens is 511 g/mol. The molecule has 8 nitrogen and oxygen atoms in total. The molecule has 0 aliphatic rings. The van der Waals surface area contributed by atoms with E-state index in [0.29, 0.717) is 34.0 Å². The number of hydrogen-bond acceptors (Lipinski definition) is 5. The molecule has 10 heteroatoms. The summed E-state index contributed by atoms with van der Waals surface area (Å²) in [5.41, 5.74) is 4.21. The van der Waals surface area contributed by atoms with Crippen LogP contribution in [-0.4, -0.2) is 26.2 Å². The van der Waals surface area contributed by atoms with Crippen LogP contribution in [0.2, 0.25) is 5.02 Å². The zero-order valence-electron chi connectivity index (χ0n) is 19.6. The molecule has 1 unspecified atom stereocenters. The minimum atomic E-state index is -3.98. The molecule has 37 heavy (non-hydrogen) atoms. The number of rotatable bonds is 6. The van der Waals surface area contributed by atoms with Gasteiger partial charge in [0, 0.05) is 35.3 Å². The Bertz CT molecular complexity index is 1770. The molecule has 5 rings (SSSR count). The summed E-state index contributed by atoms with van der Waals surface area (Å²) in [6.07, 6.45) is 0.486. The van der Waals surface area contributed by atoms with Gasteiger partial charge in [-0.1, -0.05) is 54.1 Å². The first-order chi connectivity index (χ1) is 17.7. The van der Waals surface area contributed by atoms with Gasteiger partial charge >= 0.3 is 7.60 Å². The Hall–Kier alpha value is -4.15. The van der Waals surface area contributed by atoms with Crippen molar-refractivity contribution in [3.63, 3.8) is 0 Å². The van der Waals surface area contributed by atoms with E-state index < -0.39 is 13.2 Å². The summed E-state index contributed by atoms with van der Waals surface area (Å²) in [6.45, 7) is 1.05. The zero-order chi connectivity index (χ0) is 26.2. The topological polar surface area (TPSA) is 120 Å². The molecule has 184 valence electrons. The lowest BCUT2D eigenvalue weighted by Crippen LogP contribution is -2.10. The molecule has 0 aliphatic carbocycles. The van der Waals surface area contributed by atoms with Crippen LogP contribution in [-0.2, 0) is 11.0 Å². The number of nitriles is 1. The highest BCUT2D eigenvalue weighted by molar-refractivity contribution is 7.52. The van der Waals surface area contributed by atoms with Crippen molar-refractivity contribution < 1.29 is 14.0 Å². The Morgan fingerprint density at radius 1 is 1.11 bits per heavy atom. The van der Waals surface area contributed by atoms with Crippen LogP contribution in [0.1, 0.15) is 16.8 Å². The maximum Gasteiger partial charge on any atom is 0.373 e. The monoisotopic (exact) mass is 530 g/mol. The fraction of sp³-hybridized carbons (Fsp3) is 0.0741. The lowest BCUT2D eigenvalue weighted by atomic mass is 10.0. The molecular formula is C27H20ClN4O4P. The van der Waals surface area contributed by atoms with Crippen molar-refractivity contribution in [2.45, 2.75) is 6.42 Å². The first-order valence-corrected chi connectivity index (χ1v) is 13.6. The van der Waals surface area contributed by atoms with Crippen molar-refractivity contribution >= 4 is 24.8 Å². The van der Waals surface area contributed by atoms with E-state index in [1.54, 1.807) is 28.8 Å². The number of fused-ring (bicyclic) bond motifs is 1. The second kappa shape index (κ2) is 9.72. The molecule has 2 heterocycles. The van der Waals surface area contributed by atoms with Gasteiger partial charge in [-0.25, -0.2) is 9.08 Å². The minimum Gasteiger partial charge on any atom is -0.424 e. The normalized spacial score (nSPS) is 12.7. The van der Waals surface area contributed by atoms with E-state index >= 15 is 0 Å². The average molecular weight is 531 g/mol. The maximum absolute atomic E-state index is 12.9. The number of halogens is 1. The fourth-order valence-electron chi connectivity index (χ4n) is 4.18. The van der Waals surface area contributed by atoms with E-state index in [1.807, 2.05) is 48.5 Å². The smallest absolute Gasteiger partial charge is 0.373 e. The summed E-state index contributed by atoms with van der Waals surface area (Å²) in [4.78, 5) is 25.7. The summed E-state index contributed by atoms with van der Waals surface area (Å²) in [6, 6.07) is 24.9. The second-order valence-electron chi connectivity index (χ2n) is 8.49. The van der Waals surface area contributed by atoms with E-state index in [9.17, 15) is 19.5 Å². The third-order valence-electron chi connectivity index (χ3n) is 5.70. The second-order valence-corrected chi connectivity index (χ2v) is 10.7. The Kier molecular flexibility index (Phi) is 6.45. The van der Waals surface area contributed by atoms with Gasteiger partial charge in [-0.05, 0) is 41.5 Å². The van der Waals surface area contributed by atoms with Crippen molar-refractivity contribution in [3.8, 4) is 34.2 Å². The van der Waals surface area contributed by atoms with Gasteiger partial charge in [-0.3, -0.25) is 4.79 Å². The highest BCUT2D eigenvalue weighted by Crippen LogP contribution is 2.43. The van der Waals surface area contributed by atoms with Crippen LogP contribution in [0.15, 0.2) is 83.7 Å². The SMILES string of the molecule is CP(=O)(O)Oc1cc(C#N)ccc1-c1cc(=O)[nH]c2c(-c3ccc(Cl)cc3)c(Cc3ccccc3)nn12. The van der Waals surface area contributed by atoms with Crippen molar-refractivity contribution in [3.05, 3.63) is 111 Å². The molecule has 5 aromatic rings. The lowest BCUT2D eigenvalue weighted by molar-refractivity contribution is 0.388. The standard InChI is InChI=1S/C27H20ClN4O4P/c1-37(34,35)36-24-14-18(16-29)7-12-21(24)23-15-25(33)30-27-26(19-8-10-20(28)11-9-19)22(31-32(23)27)13-17-5-3-2-4-6-17/h2-12,14-15H,13H2,1H3,(H,30,33)(H,34,35). The van der Waals surface area contributed by atoms with E-state index in [1.165, 1.54) is 12.1 Å². The van der Waals surface area contributed by atoms with E-state index in [4.69, 9.17) is 21.2 Å². The highest BCUT2D eigenvalue weighted by atomic mass is 35.5. The third-order valence-corrected chi connectivity index (χ3v) is 6.48. The number of aromatic amines is 1. The zero-order valence-corrected chi connectivity index (χ0v) is 21.2. The molecule has 0 radical (unpaired) electrons.